The second kappa shape index (κ2) is 5.54. The minimum atomic E-state index is -3.50. The molecule has 3 N–H and O–H groups in total. The smallest absolute Gasteiger partial charge is 0.235 e. The van der Waals surface area contributed by atoms with Gasteiger partial charge in [0.15, 0.2) is 11.5 Å². The van der Waals surface area contributed by atoms with Crippen LogP contribution >= 0.6 is 0 Å². The molecule has 0 saturated carbocycles. The lowest BCUT2D eigenvalue weighted by Crippen LogP contribution is -2.21. The number of rotatable bonds is 5. The van der Waals surface area contributed by atoms with Gasteiger partial charge in [0.2, 0.25) is 10.0 Å². The van der Waals surface area contributed by atoms with Gasteiger partial charge in [0, 0.05) is 19.2 Å². The number of nitrogens with one attached hydrogen (secondary N) is 1. The molecule has 0 bridgehead atoms. The Morgan fingerprint density at radius 3 is 2.58 bits per heavy atom. The van der Waals surface area contributed by atoms with Crippen molar-refractivity contribution in [1.29, 1.82) is 0 Å². The van der Waals surface area contributed by atoms with Gasteiger partial charge in [-0.05, 0) is 0 Å². The predicted molar refractivity (Wildman–Crippen MR) is 71.1 cm³/mol. The molecule has 1 aromatic rings. The molecule has 1 aliphatic heterocycles. The number of fused-ring (bicyclic) bond motifs is 1. The summed E-state index contributed by atoms with van der Waals surface area (Å²) in [6.07, 6.45) is 0. The third kappa shape index (κ3) is 3.42. The number of anilines is 2. The summed E-state index contributed by atoms with van der Waals surface area (Å²) >= 11 is 0. The summed E-state index contributed by atoms with van der Waals surface area (Å²) in [4.78, 5) is 0. The molecule has 0 atom stereocenters. The average Bonchev–Trinajstić information content (AvgIpc) is 2.37. The lowest BCUT2D eigenvalue weighted by molar-refractivity contribution is 0.172. The maximum atomic E-state index is 11.8. The molecule has 0 amide bonds. The first-order valence-corrected chi connectivity index (χ1v) is 7.35. The van der Waals surface area contributed by atoms with Crippen molar-refractivity contribution in [2.24, 2.45) is 0 Å². The summed E-state index contributed by atoms with van der Waals surface area (Å²) in [5.74, 6) is 0.852. The van der Waals surface area contributed by atoms with E-state index in [0.717, 1.165) is 0 Å². The highest BCUT2D eigenvalue weighted by atomic mass is 32.2. The minimum absolute atomic E-state index is 0.111. The van der Waals surface area contributed by atoms with E-state index in [0.29, 0.717) is 24.7 Å². The lowest BCUT2D eigenvalue weighted by atomic mass is 10.2. The first-order valence-electron chi connectivity index (χ1n) is 5.70. The molecule has 0 saturated heterocycles. The maximum Gasteiger partial charge on any atom is 0.235 e. The Morgan fingerprint density at radius 1 is 1.32 bits per heavy atom. The van der Waals surface area contributed by atoms with E-state index < -0.39 is 10.0 Å². The van der Waals surface area contributed by atoms with Crippen LogP contribution in [0.15, 0.2) is 12.1 Å². The monoisotopic (exact) mass is 288 g/mol. The van der Waals surface area contributed by atoms with E-state index in [1.54, 1.807) is 6.07 Å². The molecular weight excluding hydrogens is 272 g/mol. The molecule has 0 spiro atoms. The van der Waals surface area contributed by atoms with Gasteiger partial charge in [-0.15, -0.1) is 0 Å². The number of hydrogen-bond acceptors (Lipinski definition) is 6. The van der Waals surface area contributed by atoms with Crippen LogP contribution in [-0.4, -0.2) is 41.1 Å². The van der Waals surface area contributed by atoms with Crippen molar-refractivity contribution in [1.82, 2.24) is 0 Å². The fraction of sp³-hybridized carbons (Fsp3) is 0.455. The quantitative estimate of drug-likeness (QED) is 0.762. The highest BCUT2D eigenvalue weighted by molar-refractivity contribution is 7.92. The van der Waals surface area contributed by atoms with Gasteiger partial charge in [-0.25, -0.2) is 8.42 Å². The van der Waals surface area contributed by atoms with E-state index in [9.17, 15) is 8.42 Å². The van der Waals surface area contributed by atoms with Crippen molar-refractivity contribution >= 4 is 21.4 Å². The molecule has 106 valence electrons. The maximum absolute atomic E-state index is 11.8. The van der Waals surface area contributed by atoms with Gasteiger partial charge in [0.1, 0.15) is 13.2 Å². The predicted octanol–water partition coefficient (Wildman–Crippen LogP) is 0.428. The topological polar surface area (TPSA) is 99.9 Å². The zero-order valence-electron chi connectivity index (χ0n) is 10.5. The van der Waals surface area contributed by atoms with Crippen LogP contribution in [0.3, 0.4) is 0 Å². The standard InChI is InChI=1S/C11H16N2O5S/c1-16-4-5-19(14,15)13-9-7-11-10(6-8(9)12)17-2-3-18-11/h6-7,13H,2-5,12H2,1H3. The van der Waals surface area contributed by atoms with Crippen molar-refractivity contribution in [3.63, 3.8) is 0 Å². The molecule has 1 aliphatic rings. The molecule has 2 rings (SSSR count). The number of benzene rings is 1. The number of sulfonamides is 1. The number of nitrogen functional groups attached to an aromatic ring is 1. The fourth-order valence-electron chi connectivity index (χ4n) is 1.60. The van der Waals surface area contributed by atoms with Gasteiger partial charge >= 0.3 is 0 Å². The van der Waals surface area contributed by atoms with Crippen LogP contribution in [0, 0.1) is 0 Å². The van der Waals surface area contributed by atoms with Gasteiger partial charge < -0.3 is 19.9 Å². The first kappa shape index (κ1) is 13.8. The number of hydrogen-bond donors (Lipinski definition) is 2. The summed E-state index contributed by atoms with van der Waals surface area (Å²) in [6, 6.07) is 3.07. The van der Waals surface area contributed by atoms with Crippen LogP contribution in [-0.2, 0) is 14.8 Å². The van der Waals surface area contributed by atoms with E-state index in [-0.39, 0.29) is 23.7 Å². The normalized spacial score (nSPS) is 14.2. The fourth-order valence-corrected chi connectivity index (χ4v) is 2.60. The molecule has 1 aromatic carbocycles. The number of methoxy groups -OCH3 is 1. The molecule has 0 aromatic heterocycles. The van der Waals surface area contributed by atoms with Gasteiger partial charge in [-0.1, -0.05) is 0 Å². The second-order valence-corrected chi connectivity index (χ2v) is 5.84. The van der Waals surface area contributed by atoms with Gasteiger partial charge in [0.25, 0.3) is 0 Å². The van der Waals surface area contributed by atoms with Crippen LogP contribution in [0.25, 0.3) is 0 Å². The van der Waals surface area contributed by atoms with E-state index in [1.165, 1.54) is 13.2 Å². The molecule has 0 fully saturated rings. The highest BCUT2D eigenvalue weighted by Crippen LogP contribution is 2.37. The Bertz CT molecular complexity index is 558. The van der Waals surface area contributed by atoms with Crippen LogP contribution in [0.4, 0.5) is 11.4 Å². The van der Waals surface area contributed by atoms with Crippen LogP contribution in [0.5, 0.6) is 11.5 Å². The largest absolute Gasteiger partial charge is 0.486 e. The number of nitrogens with two attached hydrogens (primary N) is 1. The van der Waals surface area contributed by atoms with Crippen molar-refractivity contribution in [2.75, 3.05) is 43.1 Å². The molecule has 0 aliphatic carbocycles. The zero-order chi connectivity index (χ0) is 13.9. The molecule has 0 radical (unpaired) electrons. The molecule has 0 unspecified atom stereocenters. The summed E-state index contributed by atoms with van der Waals surface area (Å²) in [7, 11) is -2.06. The van der Waals surface area contributed by atoms with Crippen LogP contribution in [0.2, 0.25) is 0 Å². The Morgan fingerprint density at radius 2 is 1.95 bits per heavy atom. The van der Waals surface area contributed by atoms with E-state index in [2.05, 4.69) is 4.72 Å². The molecule has 8 heteroatoms. The molecule has 19 heavy (non-hydrogen) atoms. The Labute approximate surface area is 111 Å². The molecule has 1 heterocycles. The van der Waals surface area contributed by atoms with Crippen molar-refractivity contribution in [3.05, 3.63) is 12.1 Å². The third-order valence-corrected chi connectivity index (χ3v) is 3.77. The zero-order valence-corrected chi connectivity index (χ0v) is 11.3. The van der Waals surface area contributed by atoms with E-state index in [4.69, 9.17) is 19.9 Å². The van der Waals surface area contributed by atoms with Crippen molar-refractivity contribution < 1.29 is 22.6 Å². The number of ether oxygens (including phenoxy) is 3. The Balaban J connectivity index is 2.21. The first-order chi connectivity index (χ1) is 9.02. The van der Waals surface area contributed by atoms with Crippen molar-refractivity contribution in [2.45, 2.75) is 0 Å². The third-order valence-electron chi connectivity index (χ3n) is 2.54. The Hall–Kier alpha value is -1.67. The van der Waals surface area contributed by atoms with E-state index >= 15 is 0 Å². The summed E-state index contributed by atoms with van der Waals surface area (Å²) in [6.45, 7) is 0.984. The van der Waals surface area contributed by atoms with E-state index in [1.807, 2.05) is 0 Å². The van der Waals surface area contributed by atoms with Gasteiger partial charge in [-0.2, -0.15) is 0 Å². The van der Waals surface area contributed by atoms with Crippen LogP contribution in [0.1, 0.15) is 0 Å². The molecular formula is C11H16N2O5S. The summed E-state index contributed by atoms with van der Waals surface area (Å²) in [5, 5.41) is 0. The highest BCUT2D eigenvalue weighted by Gasteiger charge is 2.18. The van der Waals surface area contributed by atoms with Crippen molar-refractivity contribution in [3.8, 4) is 11.5 Å². The summed E-state index contributed by atoms with van der Waals surface area (Å²) < 4.78 is 41.4. The SMILES string of the molecule is COCCS(=O)(=O)Nc1cc2c(cc1N)OCCO2. The van der Waals surface area contributed by atoms with Gasteiger partial charge in [0.05, 0.1) is 23.7 Å². The summed E-state index contributed by atoms with van der Waals surface area (Å²) in [5.41, 5.74) is 6.35. The molecule has 7 nitrogen and oxygen atoms in total. The van der Waals surface area contributed by atoms with Gasteiger partial charge in [-0.3, -0.25) is 4.72 Å². The second-order valence-electron chi connectivity index (χ2n) is 4.00. The average molecular weight is 288 g/mol. The van der Waals surface area contributed by atoms with Crippen LogP contribution < -0.4 is 19.9 Å². The minimum Gasteiger partial charge on any atom is -0.486 e. The Kier molecular flexibility index (Phi) is 4.01. The lowest BCUT2D eigenvalue weighted by Gasteiger charge is -2.20.